The molecule has 1 aromatic rings. The van der Waals surface area contributed by atoms with Crippen molar-refractivity contribution in [3.8, 4) is 0 Å². The second-order valence-corrected chi connectivity index (χ2v) is 6.68. The van der Waals surface area contributed by atoms with Crippen LogP contribution in [0.15, 0.2) is 24.3 Å². The molecule has 124 valence electrons. The van der Waals surface area contributed by atoms with Crippen molar-refractivity contribution in [1.29, 1.82) is 0 Å². The van der Waals surface area contributed by atoms with Crippen molar-refractivity contribution in [2.75, 3.05) is 26.3 Å². The van der Waals surface area contributed by atoms with Gasteiger partial charge in [-0.2, -0.15) is 0 Å². The van der Waals surface area contributed by atoms with Crippen LogP contribution in [0, 0.1) is 18.3 Å². The predicted molar refractivity (Wildman–Crippen MR) is 85.1 cm³/mol. The summed E-state index contributed by atoms with van der Waals surface area (Å²) in [6.07, 6.45) is 1.62. The molecule has 23 heavy (non-hydrogen) atoms. The normalized spacial score (nSPS) is 26.8. The molecule has 5 heteroatoms. The number of amides is 1. The fourth-order valence-electron chi connectivity index (χ4n) is 3.78. The van der Waals surface area contributed by atoms with Gasteiger partial charge in [0.2, 0.25) is 5.91 Å². The Morgan fingerprint density at radius 3 is 2.87 bits per heavy atom. The SMILES string of the molecule is Cc1ccccc1CCC(=O)N1C[C@H]2COCC[C@@]2(C(=O)O)C1. The first-order valence-corrected chi connectivity index (χ1v) is 8.16. The predicted octanol–water partition coefficient (Wildman–Crippen LogP) is 1.88. The van der Waals surface area contributed by atoms with Gasteiger partial charge in [-0.15, -0.1) is 0 Å². The molecule has 2 aliphatic heterocycles. The molecule has 2 fully saturated rings. The molecule has 1 amide bonds. The zero-order valence-electron chi connectivity index (χ0n) is 13.5. The minimum Gasteiger partial charge on any atom is -0.481 e. The van der Waals surface area contributed by atoms with E-state index in [1.165, 1.54) is 11.1 Å². The molecular weight excluding hydrogens is 294 g/mol. The number of hydrogen-bond donors (Lipinski definition) is 1. The highest BCUT2D eigenvalue weighted by Gasteiger charge is 2.54. The fourth-order valence-corrected chi connectivity index (χ4v) is 3.78. The van der Waals surface area contributed by atoms with Crippen molar-refractivity contribution < 1.29 is 19.4 Å². The van der Waals surface area contributed by atoms with Crippen LogP contribution < -0.4 is 0 Å². The van der Waals surface area contributed by atoms with Gasteiger partial charge in [-0.25, -0.2) is 0 Å². The van der Waals surface area contributed by atoms with Crippen molar-refractivity contribution in [3.05, 3.63) is 35.4 Å². The number of benzene rings is 1. The minimum atomic E-state index is -0.809. The Hall–Kier alpha value is -1.88. The van der Waals surface area contributed by atoms with E-state index in [-0.39, 0.29) is 11.8 Å². The lowest BCUT2D eigenvalue weighted by atomic mass is 9.74. The van der Waals surface area contributed by atoms with Crippen molar-refractivity contribution in [2.45, 2.75) is 26.2 Å². The van der Waals surface area contributed by atoms with Crippen molar-refractivity contribution in [3.63, 3.8) is 0 Å². The maximum absolute atomic E-state index is 12.5. The highest BCUT2D eigenvalue weighted by Crippen LogP contribution is 2.42. The number of carbonyl (C=O) groups excluding carboxylic acids is 1. The van der Waals surface area contributed by atoms with Crippen LogP contribution in [0.5, 0.6) is 0 Å². The molecule has 2 atom stereocenters. The zero-order valence-corrected chi connectivity index (χ0v) is 13.5. The van der Waals surface area contributed by atoms with E-state index < -0.39 is 11.4 Å². The molecule has 3 rings (SSSR count). The van der Waals surface area contributed by atoms with Crippen molar-refractivity contribution >= 4 is 11.9 Å². The molecule has 0 saturated carbocycles. The van der Waals surface area contributed by atoms with E-state index in [1.54, 1.807) is 4.90 Å². The summed E-state index contributed by atoms with van der Waals surface area (Å²) in [5, 5.41) is 9.65. The smallest absolute Gasteiger partial charge is 0.311 e. The van der Waals surface area contributed by atoms with Gasteiger partial charge in [0.05, 0.1) is 12.0 Å². The Labute approximate surface area is 136 Å². The van der Waals surface area contributed by atoms with Gasteiger partial charge < -0.3 is 14.7 Å². The van der Waals surface area contributed by atoms with Gasteiger partial charge >= 0.3 is 5.97 Å². The van der Waals surface area contributed by atoms with Crippen LogP contribution in [0.1, 0.15) is 24.0 Å². The monoisotopic (exact) mass is 317 g/mol. The molecule has 5 nitrogen and oxygen atoms in total. The number of carbonyl (C=O) groups is 2. The number of carboxylic acid groups (broad SMARTS) is 1. The van der Waals surface area contributed by atoms with E-state index in [1.807, 2.05) is 31.2 Å². The van der Waals surface area contributed by atoms with Crippen LogP contribution in [0.25, 0.3) is 0 Å². The van der Waals surface area contributed by atoms with Crippen LogP contribution in [0.3, 0.4) is 0 Å². The van der Waals surface area contributed by atoms with Gasteiger partial charge in [-0.05, 0) is 30.9 Å². The molecule has 0 bridgehead atoms. The Bertz CT molecular complexity index is 615. The summed E-state index contributed by atoms with van der Waals surface area (Å²) in [6.45, 7) is 3.77. The lowest BCUT2D eigenvalue weighted by molar-refractivity contribution is -0.157. The summed E-state index contributed by atoms with van der Waals surface area (Å²) in [7, 11) is 0. The number of aliphatic carboxylic acids is 1. The van der Waals surface area contributed by atoms with Crippen LogP contribution >= 0.6 is 0 Å². The first-order chi connectivity index (χ1) is 11.0. The fraction of sp³-hybridized carbons (Fsp3) is 0.556. The molecule has 0 spiro atoms. The molecule has 0 radical (unpaired) electrons. The maximum Gasteiger partial charge on any atom is 0.311 e. The molecule has 0 unspecified atom stereocenters. The van der Waals surface area contributed by atoms with E-state index in [0.717, 1.165) is 0 Å². The number of carboxylic acids is 1. The number of rotatable bonds is 4. The van der Waals surface area contributed by atoms with E-state index in [2.05, 4.69) is 0 Å². The van der Waals surface area contributed by atoms with E-state index in [4.69, 9.17) is 4.74 Å². The molecule has 0 aliphatic carbocycles. The first kappa shape index (κ1) is 16.0. The zero-order chi connectivity index (χ0) is 16.4. The van der Waals surface area contributed by atoms with Crippen molar-refractivity contribution in [1.82, 2.24) is 4.90 Å². The lowest BCUT2D eigenvalue weighted by Crippen LogP contribution is -2.45. The van der Waals surface area contributed by atoms with Crippen LogP contribution in [0.4, 0.5) is 0 Å². The number of aryl methyl sites for hydroxylation is 2. The quantitative estimate of drug-likeness (QED) is 0.921. The van der Waals surface area contributed by atoms with Gasteiger partial charge in [0.15, 0.2) is 0 Å². The summed E-state index contributed by atoms with van der Waals surface area (Å²) in [5.41, 5.74) is 1.55. The second-order valence-electron chi connectivity index (χ2n) is 6.68. The molecule has 2 heterocycles. The molecule has 2 aliphatic rings. The summed E-state index contributed by atoms with van der Waals surface area (Å²) in [6, 6.07) is 8.05. The largest absolute Gasteiger partial charge is 0.481 e. The highest BCUT2D eigenvalue weighted by molar-refractivity contribution is 5.81. The third kappa shape index (κ3) is 2.98. The topological polar surface area (TPSA) is 66.8 Å². The third-order valence-electron chi connectivity index (χ3n) is 5.35. The van der Waals surface area contributed by atoms with Crippen LogP contribution in [0.2, 0.25) is 0 Å². The average Bonchev–Trinajstić information content (AvgIpc) is 2.95. The maximum atomic E-state index is 12.5. The number of fused-ring (bicyclic) bond motifs is 1. The van der Waals surface area contributed by atoms with Gasteiger partial charge in [-0.1, -0.05) is 24.3 Å². The Kier molecular flexibility index (Phi) is 4.39. The number of hydrogen-bond acceptors (Lipinski definition) is 3. The van der Waals surface area contributed by atoms with E-state index in [0.29, 0.717) is 45.6 Å². The molecule has 1 N–H and O–H groups in total. The van der Waals surface area contributed by atoms with Gasteiger partial charge in [0.1, 0.15) is 0 Å². The molecule has 0 aromatic heterocycles. The standard InChI is InChI=1S/C18H23NO4/c1-13-4-2-3-5-14(13)6-7-16(20)19-10-15-11-23-9-8-18(15,12-19)17(21)22/h2-5,15H,6-12H2,1H3,(H,21,22)/t15-,18+/m0/s1. The van der Waals surface area contributed by atoms with Gasteiger partial charge in [0.25, 0.3) is 0 Å². The summed E-state index contributed by atoms with van der Waals surface area (Å²) >= 11 is 0. The molecule has 2 saturated heterocycles. The lowest BCUT2D eigenvalue weighted by Gasteiger charge is -2.33. The second kappa shape index (κ2) is 6.32. The van der Waals surface area contributed by atoms with E-state index in [9.17, 15) is 14.7 Å². The van der Waals surface area contributed by atoms with Crippen molar-refractivity contribution in [2.24, 2.45) is 11.3 Å². The van der Waals surface area contributed by atoms with Crippen LogP contribution in [-0.4, -0.2) is 48.2 Å². The summed E-state index contributed by atoms with van der Waals surface area (Å²) in [4.78, 5) is 26.0. The minimum absolute atomic E-state index is 0.0447. The Morgan fingerprint density at radius 2 is 2.17 bits per heavy atom. The van der Waals surface area contributed by atoms with E-state index >= 15 is 0 Å². The third-order valence-corrected chi connectivity index (χ3v) is 5.35. The van der Waals surface area contributed by atoms with Gasteiger partial charge in [-0.3, -0.25) is 9.59 Å². The summed E-state index contributed by atoms with van der Waals surface area (Å²) in [5.74, 6) is -0.834. The Balaban J connectivity index is 1.65. The number of likely N-dealkylation sites (tertiary alicyclic amines) is 1. The Morgan fingerprint density at radius 1 is 1.39 bits per heavy atom. The number of ether oxygens (including phenoxy) is 1. The molecular formula is C18H23NO4. The average molecular weight is 317 g/mol. The first-order valence-electron chi connectivity index (χ1n) is 8.16. The van der Waals surface area contributed by atoms with Crippen LogP contribution in [-0.2, 0) is 20.7 Å². The van der Waals surface area contributed by atoms with Gasteiger partial charge in [0, 0.05) is 32.0 Å². The number of nitrogens with zero attached hydrogens (tertiary/aromatic N) is 1. The molecule has 1 aromatic carbocycles. The highest BCUT2D eigenvalue weighted by atomic mass is 16.5. The summed E-state index contributed by atoms with van der Waals surface area (Å²) < 4.78 is 5.43.